The highest BCUT2D eigenvalue weighted by molar-refractivity contribution is 7.74. The van der Waals surface area contributed by atoms with Crippen molar-refractivity contribution in [2.24, 2.45) is 0 Å². The van der Waals surface area contributed by atoms with Gasteiger partial charge in [0.2, 0.25) is 10.3 Å². The fourth-order valence-corrected chi connectivity index (χ4v) is 1.76. The highest BCUT2D eigenvalue weighted by Gasteiger charge is 2.15. The van der Waals surface area contributed by atoms with Crippen molar-refractivity contribution in [3.63, 3.8) is 0 Å². The van der Waals surface area contributed by atoms with Crippen LogP contribution in [0.3, 0.4) is 0 Å². The van der Waals surface area contributed by atoms with Crippen molar-refractivity contribution in [2.75, 3.05) is 0 Å². The Kier molecular flexibility index (Phi) is 2.23. The Morgan fingerprint density at radius 3 is 2.93 bits per heavy atom. The summed E-state index contributed by atoms with van der Waals surface area (Å²) in [5.41, 5.74) is 0.519. The van der Waals surface area contributed by atoms with E-state index in [-0.39, 0.29) is 0 Å². The average molecular weight is 210 g/mol. The monoisotopic (exact) mass is 210 g/mol. The maximum atomic E-state index is 10.9. The second-order valence-electron chi connectivity index (χ2n) is 2.62. The molecule has 14 heavy (non-hydrogen) atoms. The predicted octanol–water partition coefficient (Wildman–Crippen LogP) is -0.405. The van der Waals surface area contributed by atoms with Crippen LogP contribution in [0.5, 0.6) is 0 Å². The van der Waals surface area contributed by atoms with Crippen LogP contribution >= 0.6 is 0 Å². The molecule has 1 aromatic heterocycles. The van der Waals surface area contributed by atoms with Crippen LogP contribution in [0, 0.1) is 0 Å². The van der Waals surface area contributed by atoms with Crippen LogP contribution in [0.15, 0.2) is 18.2 Å². The summed E-state index contributed by atoms with van der Waals surface area (Å²) in [5, 5.41) is 13.0. The van der Waals surface area contributed by atoms with Crippen molar-refractivity contribution in [2.45, 2.75) is 6.42 Å². The lowest BCUT2D eigenvalue weighted by Crippen LogP contribution is -2.06. The van der Waals surface area contributed by atoms with Crippen molar-refractivity contribution in [1.82, 2.24) is 20.6 Å². The Morgan fingerprint density at radius 2 is 2.29 bits per heavy atom. The van der Waals surface area contributed by atoms with Gasteiger partial charge in [-0.2, -0.15) is 8.42 Å². The molecule has 0 amide bonds. The van der Waals surface area contributed by atoms with Crippen LogP contribution in [0.4, 0.5) is 0 Å². The van der Waals surface area contributed by atoms with Gasteiger partial charge in [0.15, 0.2) is 5.82 Å². The summed E-state index contributed by atoms with van der Waals surface area (Å²) in [6.45, 7) is 0. The zero-order valence-electron chi connectivity index (χ0n) is 7.01. The molecule has 1 N–H and O–H groups in total. The van der Waals surface area contributed by atoms with Gasteiger partial charge in [0.25, 0.3) is 0 Å². The molecule has 0 unspecified atom stereocenters. The van der Waals surface area contributed by atoms with Gasteiger partial charge < -0.3 is 0 Å². The van der Waals surface area contributed by atoms with E-state index in [9.17, 15) is 8.42 Å². The smallest absolute Gasteiger partial charge is 0.218 e. The van der Waals surface area contributed by atoms with E-state index in [4.69, 9.17) is 0 Å². The molecule has 6 nitrogen and oxygen atoms in total. The van der Waals surface area contributed by atoms with Crippen LogP contribution in [0.1, 0.15) is 12.2 Å². The van der Waals surface area contributed by atoms with Crippen LogP contribution < -0.4 is 0 Å². The Bertz CT molecular complexity index is 516. The number of aromatic amines is 1. The molecule has 0 saturated heterocycles. The van der Waals surface area contributed by atoms with Gasteiger partial charge in [-0.3, -0.25) is 0 Å². The Balaban J connectivity index is 2.57. The van der Waals surface area contributed by atoms with E-state index in [0.29, 0.717) is 22.7 Å². The van der Waals surface area contributed by atoms with E-state index in [1.165, 1.54) is 0 Å². The molecule has 0 radical (unpaired) electrons. The summed E-state index contributed by atoms with van der Waals surface area (Å²) in [7, 11) is -2.24. The first kappa shape index (κ1) is 8.82. The van der Waals surface area contributed by atoms with Crippen LogP contribution in [0.25, 0.3) is 5.57 Å². The molecule has 0 fully saturated rings. The molecule has 1 aliphatic rings. The minimum absolute atomic E-state index is 0.297. The summed E-state index contributed by atoms with van der Waals surface area (Å²) in [5.74, 6) is 0.369. The highest BCUT2D eigenvalue weighted by Crippen LogP contribution is 2.16. The molecule has 0 spiro atoms. The zero-order chi connectivity index (χ0) is 9.97. The van der Waals surface area contributed by atoms with Crippen molar-refractivity contribution >= 4 is 20.7 Å². The van der Waals surface area contributed by atoms with Crippen molar-refractivity contribution in [3.05, 3.63) is 24.1 Å². The molecule has 0 aliphatic heterocycles. The number of hydrogen-bond acceptors (Lipinski definition) is 5. The standard InChI is InChI=1S/C7H6N4O2S/c12-14(13)6-4-2-1-3-5(6)7-8-10-11-9-7/h1-3H,4H2,(H,8,9,10,11). The first-order valence-electron chi connectivity index (χ1n) is 3.85. The van der Waals surface area contributed by atoms with Crippen LogP contribution in [0.2, 0.25) is 0 Å². The van der Waals surface area contributed by atoms with Gasteiger partial charge in [-0.15, -0.1) is 5.10 Å². The topological polar surface area (TPSA) is 88.6 Å². The third-order valence-electron chi connectivity index (χ3n) is 1.80. The lowest BCUT2D eigenvalue weighted by molar-refractivity contribution is 0.627. The molecule has 1 aromatic rings. The molecule has 1 aliphatic carbocycles. The highest BCUT2D eigenvalue weighted by atomic mass is 32.2. The molecular formula is C7H6N4O2S. The van der Waals surface area contributed by atoms with Gasteiger partial charge in [0.05, 0.1) is 4.86 Å². The van der Waals surface area contributed by atoms with Crippen LogP contribution in [-0.4, -0.2) is 33.9 Å². The van der Waals surface area contributed by atoms with Crippen molar-refractivity contribution in [3.8, 4) is 0 Å². The summed E-state index contributed by atoms with van der Waals surface area (Å²) < 4.78 is 21.7. The lowest BCUT2D eigenvalue weighted by Gasteiger charge is -2.04. The number of rotatable bonds is 1. The number of aromatic nitrogens is 4. The minimum atomic E-state index is -2.24. The molecule has 0 aromatic carbocycles. The Hall–Kier alpha value is -1.76. The normalized spacial score (nSPS) is 15.4. The first-order valence-corrected chi connectivity index (χ1v) is 4.93. The summed E-state index contributed by atoms with van der Waals surface area (Å²) in [4.78, 5) is 0.297. The van der Waals surface area contributed by atoms with E-state index in [2.05, 4.69) is 20.6 Å². The van der Waals surface area contributed by atoms with E-state index < -0.39 is 10.3 Å². The summed E-state index contributed by atoms with van der Waals surface area (Å²) in [6.07, 6.45) is 5.58. The third kappa shape index (κ3) is 1.49. The molecule has 1 heterocycles. The van der Waals surface area contributed by atoms with Crippen LogP contribution in [-0.2, 0) is 10.3 Å². The van der Waals surface area contributed by atoms with Gasteiger partial charge in [-0.05, 0) is 10.4 Å². The predicted molar refractivity (Wildman–Crippen MR) is 49.8 cm³/mol. The second-order valence-corrected chi connectivity index (χ2v) is 3.58. The quantitative estimate of drug-likeness (QED) is 0.637. The molecule has 0 atom stereocenters. The molecule has 7 heteroatoms. The number of hydrogen-bond donors (Lipinski definition) is 1. The molecule has 0 bridgehead atoms. The number of nitrogens with zero attached hydrogens (tertiary/aromatic N) is 3. The Labute approximate surface area is 80.9 Å². The van der Waals surface area contributed by atoms with Gasteiger partial charge in [-0.25, -0.2) is 5.10 Å². The molecular weight excluding hydrogens is 204 g/mol. The average Bonchev–Trinajstić information content (AvgIpc) is 2.70. The largest absolute Gasteiger partial charge is 0.239 e. The van der Waals surface area contributed by atoms with E-state index in [0.717, 1.165) is 0 Å². The van der Waals surface area contributed by atoms with E-state index >= 15 is 0 Å². The summed E-state index contributed by atoms with van der Waals surface area (Å²) >= 11 is 0. The van der Waals surface area contributed by atoms with Gasteiger partial charge in [0.1, 0.15) is 0 Å². The first-order chi connectivity index (χ1) is 6.79. The van der Waals surface area contributed by atoms with Gasteiger partial charge in [0, 0.05) is 12.0 Å². The second kappa shape index (κ2) is 3.54. The molecule has 72 valence electrons. The maximum absolute atomic E-state index is 10.9. The third-order valence-corrected chi connectivity index (χ3v) is 2.59. The van der Waals surface area contributed by atoms with E-state index in [1.807, 2.05) is 0 Å². The molecule has 2 rings (SSSR count). The SMILES string of the molecule is O=S(=O)=C1CC=CC=C1c1nnn[nH]1. The Morgan fingerprint density at radius 1 is 1.43 bits per heavy atom. The number of tetrazole rings is 1. The van der Waals surface area contributed by atoms with Gasteiger partial charge >= 0.3 is 0 Å². The number of H-pyrrole nitrogens is 1. The van der Waals surface area contributed by atoms with Crippen molar-refractivity contribution < 1.29 is 8.42 Å². The summed E-state index contributed by atoms with van der Waals surface area (Å²) in [6, 6.07) is 0. The van der Waals surface area contributed by atoms with Gasteiger partial charge in [-0.1, -0.05) is 18.2 Å². The minimum Gasteiger partial charge on any atom is -0.239 e. The maximum Gasteiger partial charge on any atom is 0.218 e. The van der Waals surface area contributed by atoms with E-state index in [1.54, 1.807) is 18.2 Å². The molecule has 0 saturated carbocycles. The number of allylic oxidation sites excluding steroid dienone is 4. The van der Waals surface area contributed by atoms with Crippen molar-refractivity contribution in [1.29, 1.82) is 0 Å². The lowest BCUT2D eigenvalue weighted by atomic mass is 10.0. The fraction of sp³-hybridized carbons (Fsp3) is 0.143. The fourth-order valence-electron chi connectivity index (χ4n) is 1.18. The zero-order valence-corrected chi connectivity index (χ0v) is 7.82. The number of nitrogens with one attached hydrogen (secondary N) is 1.